The van der Waals surface area contributed by atoms with Gasteiger partial charge < -0.3 is 21.1 Å². The van der Waals surface area contributed by atoms with Crippen LogP contribution in [0.2, 0.25) is 0 Å². The Labute approximate surface area is 135 Å². The lowest BCUT2D eigenvalue weighted by Crippen LogP contribution is -2.41. The third-order valence-corrected chi connectivity index (χ3v) is 3.25. The van der Waals surface area contributed by atoms with Gasteiger partial charge in [-0.05, 0) is 31.4 Å². The first-order chi connectivity index (χ1) is 11.1. The topological polar surface area (TPSA) is 111 Å². The van der Waals surface area contributed by atoms with E-state index >= 15 is 0 Å². The van der Waals surface area contributed by atoms with Crippen molar-refractivity contribution < 1.29 is 19.1 Å². The second-order valence-electron chi connectivity index (χ2n) is 4.97. The van der Waals surface area contributed by atoms with Gasteiger partial charge >= 0.3 is 5.97 Å². The van der Waals surface area contributed by atoms with Crippen LogP contribution in [0.5, 0.6) is 0 Å². The summed E-state index contributed by atoms with van der Waals surface area (Å²) in [6.45, 7) is 0.439. The van der Waals surface area contributed by atoms with Gasteiger partial charge in [-0.15, -0.1) is 0 Å². The summed E-state index contributed by atoms with van der Waals surface area (Å²) in [6.07, 6.45) is 1.77. The molecule has 1 aromatic carbocycles. The number of unbranched alkanes of at least 4 members (excludes halogenated alkanes) is 1. The second kappa shape index (κ2) is 10.3. The van der Waals surface area contributed by atoms with Crippen LogP contribution in [0.4, 0.5) is 0 Å². The summed E-state index contributed by atoms with van der Waals surface area (Å²) in [6, 6.07) is 7.95. The van der Waals surface area contributed by atoms with Crippen LogP contribution >= 0.6 is 0 Å². The molecule has 23 heavy (non-hydrogen) atoms. The minimum absolute atomic E-state index is 0.0437. The lowest BCUT2D eigenvalue weighted by molar-refractivity contribution is -0.143. The minimum atomic E-state index is -0.710. The SMILES string of the molecule is COC(=O)C(CCCCNC(=O)CN)NC(=O)c1ccccc1. The summed E-state index contributed by atoms with van der Waals surface area (Å²) in [5.74, 6) is -1.02. The molecule has 0 heterocycles. The van der Waals surface area contributed by atoms with Crippen LogP contribution in [0.15, 0.2) is 30.3 Å². The normalized spacial score (nSPS) is 11.4. The molecule has 1 atom stereocenters. The number of rotatable bonds is 9. The van der Waals surface area contributed by atoms with Crippen LogP contribution in [-0.4, -0.2) is 44.0 Å². The number of nitrogens with one attached hydrogen (secondary N) is 2. The van der Waals surface area contributed by atoms with Crippen LogP contribution in [0, 0.1) is 0 Å². The minimum Gasteiger partial charge on any atom is -0.467 e. The molecule has 0 saturated heterocycles. The predicted molar refractivity (Wildman–Crippen MR) is 85.6 cm³/mol. The first-order valence-corrected chi connectivity index (χ1v) is 7.49. The number of nitrogens with two attached hydrogens (primary N) is 1. The van der Waals surface area contributed by atoms with Gasteiger partial charge in [0.15, 0.2) is 0 Å². The molecule has 7 nitrogen and oxygen atoms in total. The Hall–Kier alpha value is -2.41. The lowest BCUT2D eigenvalue weighted by Gasteiger charge is -2.16. The zero-order valence-electron chi connectivity index (χ0n) is 13.2. The number of carbonyl (C=O) groups is 3. The molecule has 0 aliphatic heterocycles. The van der Waals surface area contributed by atoms with E-state index in [1.165, 1.54) is 7.11 Å². The maximum Gasteiger partial charge on any atom is 0.328 e. The van der Waals surface area contributed by atoms with Crippen LogP contribution < -0.4 is 16.4 Å². The molecule has 1 aromatic rings. The highest BCUT2D eigenvalue weighted by molar-refractivity contribution is 5.96. The van der Waals surface area contributed by atoms with Crippen molar-refractivity contribution >= 4 is 17.8 Å². The van der Waals surface area contributed by atoms with Crippen LogP contribution in [0.3, 0.4) is 0 Å². The van der Waals surface area contributed by atoms with Gasteiger partial charge in [0.25, 0.3) is 5.91 Å². The van der Waals surface area contributed by atoms with Gasteiger partial charge in [0.2, 0.25) is 5.91 Å². The summed E-state index contributed by atoms with van der Waals surface area (Å²) < 4.78 is 4.72. The second-order valence-corrected chi connectivity index (χ2v) is 4.97. The largest absolute Gasteiger partial charge is 0.467 e. The number of benzene rings is 1. The van der Waals surface area contributed by atoms with E-state index in [1.807, 2.05) is 6.07 Å². The third kappa shape index (κ3) is 6.92. The van der Waals surface area contributed by atoms with E-state index in [0.717, 1.165) is 0 Å². The molecule has 0 bridgehead atoms. The van der Waals surface area contributed by atoms with Gasteiger partial charge in [0, 0.05) is 12.1 Å². The van der Waals surface area contributed by atoms with Crippen molar-refractivity contribution in [2.75, 3.05) is 20.2 Å². The number of hydrogen-bond donors (Lipinski definition) is 3. The summed E-state index contributed by atoms with van der Waals surface area (Å²) in [5.41, 5.74) is 5.67. The van der Waals surface area contributed by atoms with Crippen molar-refractivity contribution in [1.29, 1.82) is 0 Å². The van der Waals surface area contributed by atoms with E-state index in [2.05, 4.69) is 10.6 Å². The molecular weight excluding hydrogens is 298 g/mol. The fourth-order valence-corrected chi connectivity index (χ4v) is 2.00. The highest BCUT2D eigenvalue weighted by atomic mass is 16.5. The maximum absolute atomic E-state index is 12.1. The Morgan fingerprint density at radius 2 is 1.87 bits per heavy atom. The lowest BCUT2D eigenvalue weighted by atomic mass is 10.1. The van der Waals surface area contributed by atoms with E-state index in [4.69, 9.17) is 10.5 Å². The molecule has 1 rings (SSSR count). The number of amides is 2. The highest BCUT2D eigenvalue weighted by Crippen LogP contribution is 2.05. The summed E-state index contributed by atoms with van der Waals surface area (Å²) in [4.78, 5) is 34.9. The molecular formula is C16H23N3O4. The van der Waals surface area contributed by atoms with E-state index < -0.39 is 12.0 Å². The molecule has 0 spiro atoms. The molecule has 0 aliphatic rings. The van der Waals surface area contributed by atoms with Gasteiger partial charge in [0.05, 0.1) is 13.7 Å². The van der Waals surface area contributed by atoms with Crippen molar-refractivity contribution in [2.45, 2.75) is 25.3 Å². The van der Waals surface area contributed by atoms with Crippen molar-refractivity contribution in [3.05, 3.63) is 35.9 Å². The summed E-state index contributed by atoms with van der Waals surface area (Å²) >= 11 is 0. The molecule has 2 amide bonds. The standard InChI is InChI=1S/C16H23N3O4/c1-23-16(22)13(9-5-6-10-18-14(20)11-17)19-15(21)12-7-3-2-4-8-12/h2-4,7-8,13H,5-6,9-11,17H2,1H3,(H,18,20)(H,19,21). The Kier molecular flexibility index (Phi) is 8.38. The smallest absolute Gasteiger partial charge is 0.328 e. The van der Waals surface area contributed by atoms with Gasteiger partial charge in [-0.3, -0.25) is 9.59 Å². The zero-order valence-corrected chi connectivity index (χ0v) is 13.2. The van der Waals surface area contributed by atoms with Gasteiger partial charge in [-0.2, -0.15) is 0 Å². The monoisotopic (exact) mass is 321 g/mol. The Balaban J connectivity index is 2.45. The fourth-order valence-electron chi connectivity index (χ4n) is 2.00. The molecule has 0 fully saturated rings. The highest BCUT2D eigenvalue weighted by Gasteiger charge is 2.21. The molecule has 0 aromatic heterocycles. The van der Waals surface area contributed by atoms with E-state index in [0.29, 0.717) is 31.4 Å². The molecule has 4 N–H and O–H groups in total. The van der Waals surface area contributed by atoms with Crippen molar-refractivity contribution in [3.63, 3.8) is 0 Å². The number of carbonyl (C=O) groups excluding carboxylic acids is 3. The molecule has 7 heteroatoms. The first kappa shape index (κ1) is 18.6. The average molecular weight is 321 g/mol. The van der Waals surface area contributed by atoms with Crippen LogP contribution in [0.25, 0.3) is 0 Å². The molecule has 1 unspecified atom stereocenters. The van der Waals surface area contributed by atoms with Crippen LogP contribution in [0.1, 0.15) is 29.6 Å². The van der Waals surface area contributed by atoms with E-state index in [9.17, 15) is 14.4 Å². The number of ether oxygens (including phenoxy) is 1. The van der Waals surface area contributed by atoms with Crippen molar-refractivity contribution in [1.82, 2.24) is 10.6 Å². The predicted octanol–water partition coefficient (Wildman–Crippen LogP) is 0.203. The molecule has 126 valence electrons. The Bertz CT molecular complexity index is 519. The molecule has 0 saturated carbocycles. The molecule has 0 radical (unpaired) electrons. The van der Waals surface area contributed by atoms with Gasteiger partial charge in [0.1, 0.15) is 6.04 Å². The van der Waals surface area contributed by atoms with Crippen LogP contribution in [-0.2, 0) is 14.3 Å². The first-order valence-electron chi connectivity index (χ1n) is 7.49. The maximum atomic E-state index is 12.1. The van der Waals surface area contributed by atoms with Crippen molar-refractivity contribution in [2.24, 2.45) is 5.73 Å². The number of hydrogen-bond acceptors (Lipinski definition) is 5. The summed E-state index contributed by atoms with van der Waals surface area (Å²) in [5, 5.41) is 5.32. The molecule has 0 aliphatic carbocycles. The number of methoxy groups -OCH3 is 1. The van der Waals surface area contributed by atoms with E-state index in [-0.39, 0.29) is 18.4 Å². The Morgan fingerprint density at radius 1 is 1.17 bits per heavy atom. The van der Waals surface area contributed by atoms with Gasteiger partial charge in [-0.25, -0.2) is 4.79 Å². The van der Waals surface area contributed by atoms with Crippen molar-refractivity contribution in [3.8, 4) is 0 Å². The van der Waals surface area contributed by atoms with Gasteiger partial charge in [-0.1, -0.05) is 18.2 Å². The fraction of sp³-hybridized carbons (Fsp3) is 0.438. The Morgan fingerprint density at radius 3 is 2.48 bits per heavy atom. The summed E-state index contributed by atoms with van der Waals surface area (Å²) in [7, 11) is 1.28. The van der Waals surface area contributed by atoms with E-state index in [1.54, 1.807) is 24.3 Å². The number of esters is 1. The quantitative estimate of drug-likeness (QED) is 0.444. The zero-order chi connectivity index (χ0) is 17.1. The average Bonchev–Trinajstić information content (AvgIpc) is 2.59. The third-order valence-electron chi connectivity index (χ3n) is 3.25.